The lowest BCUT2D eigenvalue weighted by Gasteiger charge is -2.29. The minimum Gasteiger partial charge on any atom is -1.00 e. The molecule has 0 unspecified atom stereocenters. The van der Waals surface area contributed by atoms with Crippen LogP contribution in [0, 0.1) is 6.92 Å². The summed E-state index contributed by atoms with van der Waals surface area (Å²) in [5.41, 5.74) is 4.41. The number of nitrogens with one attached hydrogen (secondary N) is 2. The van der Waals surface area contributed by atoms with Crippen molar-refractivity contribution < 1.29 is 39.4 Å². The van der Waals surface area contributed by atoms with Crippen molar-refractivity contribution in [2.24, 2.45) is 0 Å². The predicted octanol–water partition coefficient (Wildman–Crippen LogP) is -5.30. The maximum absolute atomic E-state index is 13.6. The number of rotatable bonds is 9. The second-order valence-electron chi connectivity index (χ2n) is 9.92. The molecule has 1 fully saturated rings. The van der Waals surface area contributed by atoms with Gasteiger partial charge in [-0.3, -0.25) is 9.20 Å². The fraction of sp³-hybridized carbons (Fsp3) is 0.464. The second kappa shape index (κ2) is 13.4. The molecule has 10 heteroatoms. The largest absolute Gasteiger partial charge is 1.00 e. The fourth-order valence-corrected chi connectivity index (χ4v) is 5.59. The molecule has 8 nitrogen and oxygen atoms in total. The van der Waals surface area contributed by atoms with Crippen molar-refractivity contribution in [1.29, 1.82) is 0 Å². The molecule has 1 saturated heterocycles. The summed E-state index contributed by atoms with van der Waals surface area (Å²) < 4.78 is 9.21. The molecule has 0 atom stereocenters. The number of piperazine rings is 1. The van der Waals surface area contributed by atoms with Crippen molar-refractivity contribution in [3.63, 3.8) is 0 Å². The van der Waals surface area contributed by atoms with E-state index in [0.717, 1.165) is 55.0 Å². The number of aromatic nitrogens is 4. The summed E-state index contributed by atoms with van der Waals surface area (Å²) in [4.78, 5) is 26.3. The Morgan fingerprint density at radius 1 is 0.947 bits per heavy atom. The number of aryl methyl sites for hydroxylation is 3. The molecule has 1 aromatic carbocycles. The Labute approximate surface area is 236 Å². The molecule has 5 rings (SSSR count). The summed E-state index contributed by atoms with van der Waals surface area (Å²) >= 11 is 0. The van der Waals surface area contributed by atoms with Crippen LogP contribution in [0.15, 0.2) is 47.3 Å². The lowest BCUT2D eigenvalue weighted by atomic mass is 10.2. The molecule has 4 aromatic rings. The maximum Gasteiger partial charge on any atom is 0.277 e. The number of methoxy groups -OCH3 is 1. The molecular weight excluding hydrogens is 523 g/mol. The minimum atomic E-state index is 0. The number of hydrogen-bond donors (Lipinski definition) is 2. The van der Waals surface area contributed by atoms with Gasteiger partial charge in [0.15, 0.2) is 5.65 Å². The average molecular weight is 562 g/mol. The molecule has 1 aliphatic heterocycles. The van der Waals surface area contributed by atoms with E-state index in [0.29, 0.717) is 17.9 Å². The Bertz CT molecular complexity index is 1400. The molecule has 1 aliphatic rings. The van der Waals surface area contributed by atoms with Crippen molar-refractivity contribution in [3.05, 3.63) is 69.9 Å². The number of unbranched alkanes of at least 4 members (excludes halogenated alkanes) is 1. The first kappa shape index (κ1) is 29.9. The number of halogens is 2. The van der Waals surface area contributed by atoms with E-state index in [1.807, 2.05) is 28.0 Å². The molecule has 4 heterocycles. The molecule has 0 saturated carbocycles. The molecule has 3 aromatic heterocycles. The number of nitrogens with zero attached hydrogens (tertiary/aromatic N) is 4. The number of ether oxygens (including phenoxy) is 1. The molecule has 0 amide bonds. The van der Waals surface area contributed by atoms with Gasteiger partial charge in [-0.15, -0.1) is 0 Å². The highest BCUT2D eigenvalue weighted by molar-refractivity contribution is 5.77. The van der Waals surface area contributed by atoms with Crippen LogP contribution in [0.2, 0.25) is 0 Å². The van der Waals surface area contributed by atoms with E-state index in [1.165, 1.54) is 31.7 Å². The molecule has 0 aliphatic carbocycles. The summed E-state index contributed by atoms with van der Waals surface area (Å²) in [7, 11) is 1.62. The van der Waals surface area contributed by atoms with Gasteiger partial charge in [0.2, 0.25) is 5.88 Å². The van der Waals surface area contributed by atoms with Crippen LogP contribution in [-0.2, 0) is 19.5 Å². The van der Waals surface area contributed by atoms with Gasteiger partial charge in [-0.2, -0.15) is 4.98 Å². The van der Waals surface area contributed by atoms with E-state index in [1.54, 1.807) is 16.9 Å². The topological polar surface area (TPSA) is 70.3 Å². The van der Waals surface area contributed by atoms with E-state index < -0.39 is 0 Å². The van der Waals surface area contributed by atoms with Crippen molar-refractivity contribution >= 4 is 16.7 Å². The minimum absolute atomic E-state index is 0. The van der Waals surface area contributed by atoms with Crippen LogP contribution in [0.3, 0.4) is 0 Å². The molecule has 2 N–H and O–H groups in total. The normalized spacial score (nSPS) is 17.2. The van der Waals surface area contributed by atoms with Gasteiger partial charge in [-0.1, -0.05) is 37.3 Å². The van der Waals surface area contributed by atoms with E-state index in [4.69, 9.17) is 9.72 Å². The van der Waals surface area contributed by atoms with Crippen LogP contribution in [-0.4, -0.2) is 58.8 Å². The quantitative estimate of drug-likeness (QED) is 0.201. The second-order valence-corrected chi connectivity index (χ2v) is 9.92. The van der Waals surface area contributed by atoms with E-state index in [2.05, 4.69) is 42.2 Å². The lowest BCUT2D eigenvalue weighted by Crippen LogP contribution is -3.27. The first-order valence-corrected chi connectivity index (χ1v) is 13.3. The first-order chi connectivity index (χ1) is 17.6. The van der Waals surface area contributed by atoms with Gasteiger partial charge in [0.1, 0.15) is 44.1 Å². The highest BCUT2D eigenvalue weighted by atomic mass is 35.5. The Morgan fingerprint density at radius 2 is 1.66 bits per heavy atom. The summed E-state index contributed by atoms with van der Waals surface area (Å²) in [6.07, 6.45) is 2.80. The van der Waals surface area contributed by atoms with Gasteiger partial charge < -0.3 is 43.9 Å². The Hall–Kier alpha value is -2.65. The third-order valence-electron chi connectivity index (χ3n) is 7.55. The third kappa shape index (κ3) is 6.15. The number of imidazole rings is 1. The van der Waals surface area contributed by atoms with Gasteiger partial charge >= 0.3 is 0 Å². The first-order valence-electron chi connectivity index (χ1n) is 13.3. The summed E-state index contributed by atoms with van der Waals surface area (Å²) in [5.74, 6) is 1.40. The predicted molar refractivity (Wildman–Crippen MR) is 141 cm³/mol. The van der Waals surface area contributed by atoms with Crippen molar-refractivity contribution in [1.82, 2.24) is 18.9 Å². The number of quaternary nitrogens is 2. The molecule has 38 heavy (non-hydrogen) atoms. The number of pyridine rings is 1. The van der Waals surface area contributed by atoms with Crippen LogP contribution >= 0.6 is 0 Å². The van der Waals surface area contributed by atoms with Crippen molar-refractivity contribution in [2.75, 3.05) is 39.8 Å². The summed E-state index contributed by atoms with van der Waals surface area (Å²) in [6, 6.07) is 14.6. The van der Waals surface area contributed by atoms with Crippen LogP contribution in [0.5, 0.6) is 5.88 Å². The SMILES string of the molecule is CCc1nc(C)c2c(=O)n(CCCC[NH+]3CC[NH+](Cc4ccccc4)CC3)c3ccc(OC)nc3n12.[Cl-].[Cl-]. The van der Waals surface area contributed by atoms with Crippen LogP contribution in [0.1, 0.15) is 36.8 Å². The molecule has 0 bridgehead atoms. The van der Waals surface area contributed by atoms with E-state index in [-0.39, 0.29) is 30.4 Å². The van der Waals surface area contributed by atoms with Gasteiger partial charge in [0.25, 0.3) is 5.56 Å². The molecular formula is C28H38Cl2N6O2. The monoisotopic (exact) mass is 560 g/mol. The summed E-state index contributed by atoms with van der Waals surface area (Å²) in [5, 5.41) is 0. The zero-order chi connectivity index (χ0) is 25.1. The average Bonchev–Trinajstić information content (AvgIpc) is 3.26. The molecule has 206 valence electrons. The van der Waals surface area contributed by atoms with Gasteiger partial charge in [-0.05, 0) is 25.8 Å². The summed E-state index contributed by atoms with van der Waals surface area (Å²) in [6.45, 7) is 11.8. The zero-order valence-corrected chi connectivity index (χ0v) is 24.0. The fourth-order valence-electron chi connectivity index (χ4n) is 5.59. The van der Waals surface area contributed by atoms with Crippen molar-refractivity contribution in [3.8, 4) is 5.88 Å². The standard InChI is InChI=1S/C28H36N6O2.2ClH/c1-4-24-29-21(2)26-28(35)33(23-12-13-25(36-3)30-27(23)34(24)26)15-9-8-14-31-16-18-32(19-17-31)20-22-10-6-5-7-11-22;;/h5-7,10-13H,4,8-9,14-20H2,1-3H3;2*1H. The highest BCUT2D eigenvalue weighted by Gasteiger charge is 2.23. The van der Waals surface area contributed by atoms with E-state index in [9.17, 15) is 4.79 Å². The van der Waals surface area contributed by atoms with Gasteiger partial charge in [-0.25, -0.2) is 4.98 Å². The van der Waals surface area contributed by atoms with Crippen LogP contribution in [0.25, 0.3) is 16.7 Å². The number of hydrogen-bond acceptors (Lipinski definition) is 4. The van der Waals surface area contributed by atoms with Gasteiger partial charge in [0, 0.05) is 24.6 Å². The van der Waals surface area contributed by atoms with Crippen LogP contribution in [0.4, 0.5) is 0 Å². The highest BCUT2D eigenvalue weighted by Crippen LogP contribution is 2.21. The number of fused-ring (bicyclic) bond motifs is 3. The molecule has 0 spiro atoms. The third-order valence-corrected chi connectivity index (χ3v) is 7.55. The Morgan fingerprint density at radius 3 is 2.34 bits per heavy atom. The zero-order valence-electron chi connectivity index (χ0n) is 22.5. The molecule has 0 radical (unpaired) electrons. The number of benzene rings is 1. The van der Waals surface area contributed by atoms with Crippen LogP contribution < -0.4 is 44.9 Å². The Balaban J connectivity index is 0.00000200. The van der Waals surface area contributed by atoms with Gasteiger partial charge in [0.05, 0.1) is 24.9 Å². The Kier molecular flexibility index (Phi) is 10.6. The lowest BCUT2D eigenvalue weighted by molar-refractivity contribution is -1.02. The van der Waals surface area contributed by atoms with Crippen molar-refractivity contribution in [2.45, 2.75) is 46.2 Å². The maximum atomic E-state index is 13.6. The smallest absolute Gasteiger partial charge is 0.277 e. The van der Waals surface area contributed by atoms with E-state index >= 15 is 0 Å².